The van der Waals surface area contributed by atoms with Crippen molar-refractivity contribution in [1.29, 1.82) is 0 Å². The molecule has 1 fully saturated rings. The van der Waals surface area contributed by atoms with E-state index in [2.05, 4.69) is 5.32 Å². The lowest BCUT2D eigenvalue weighted by molar-refractivity contribution is 0.000934. The number of hydrogen-bond donors (Lipinski definition) is 1. The van der Waals surface area contributed by atoms with Gasteiger partial charge in [0.25, 0.3) is 0 Å². The van der Waals surface area contributed by atoms with E-state index in [1.807, 2.05) is 6.07 Å². The fraction of sp³-hybridized carbons (Fsp3) is 0.316. The van der Waals surface area contributed by atoms with Crippen LogP contribution >= 0.6 is 11.6 Å². The average molecular weight is 363 g/mol. The van der Waals surface area contributed by atoms with E-state index in [4.69, 9.17) is 16.3 Å². The number of rotatable bonds is 4. The fourth-order valence-corrected chi connectivity index (χ4v) is 3.06. The van der Waals surface area contributed by atoms with Gasteiger partial charge in [0.15, 0.2) is 0 Å². The second kappa shape index (κ2) is 8.32. The number of halogens is 2. The van der Waals surface area contributed by atoms with Gasteiger partial charge in [0.2, 0.25) is 0 Å². The molecule has 132 valence electrons. The number of hydrogen-bond acceptors (Lipinski definition) is 2. The molecule has 1 N–H and O–H groups in total. The topological polar surface area (TPSA) is 41.6 Å². The van der Waals surface area contributed by atoms with E-state index in [1.165, 1.54) is 12.1 Å². The van der Waals surface area contributed by atoms with Gasteiger partial charge in [-0.3, -0.25) is 0 Å². The molecule has 2 amide bonds. The molecule has 2 aromatic rings. The highest BCUT2D eigenvalue weighted by molar-refractivity contribution is 6.30. The molecular weight excluding hydrogens is 343 g/mol. The van der Waals surface area contributed by atoms with E-state index in [1.54, 1.807) is 35.2 Å². The number of amides is 2. The van der Waals surface area contributed by atoms with Gasteiger partial charge in [-0.25, -0.2) is 9.18 Å². The van der Waals surface area contributed by atoms with Gasteiger partial charge in [-0.2, -0.15) is 0 Å². The first-order valence-corrected chi connectivity index (χ1v) is 8.65. The maximum absolute atomic E-state index is 13.2. The number of piperidine rings is 1. The average Bonchev–Trinajstić information content (AvgIpc) is 2.60. The molecule has 0 bridgehead atoms. The molecule has 0 spiro atoms. The Kier molecular flexibility index (Phi) is 5.89. The second-order valence-corrected chi connectivity index (χ2v) is 6.53. The molecular formula is C19H20ClFN2O2. The molecule has 3 rings (SSSR count). The zero-order valence-corrected chi connectivity index (χ0v) is 14.5. The summed E-state index contributed by atoms with van der Waals surface area (Å²) in [6, 6.07) is 13.3. The van der Waals surface area contributed by atoms with Gasteiger partial charge in [0.1, 0.15) is 5.82 Å². The van der Waals surface area contributed by atoms with Crippen LogP contribution in [0.15, 0.2) is 48.5 Å². The molecule has 25 heavy (non-hydrogen) atoms. The highest BCUT2D eigenvalue weighted by Gasteiger charge is 2.24. The molecule has 6 heteroatoms. The summed E-state index contributed by atoms with van der Waals surface area (Å²) in [5, 5.41) is 3.43. The summed E-state index contributed by atoms with van der Waals surface area (Å²) in [6.45, 7) is 1.54. The van der Waals surface area contributed by atoms with E-state index in [-0.39, 0.29) is 18.0 Å². The van der Waals surface area contributed by atoms with Gasteiger partial charge in [-0.05, 0) is 48.7 Å². The Morgan fingerprint density at radius 2 is 2.12 bits per heavy atom. The smallest absolute Gasteiger partial charge is 0.321 e. The normalized spacial score (nSPS) is 17.4. The number of likely N-dealkylation sites (tertiary alicyclic amines) is 1. The summed E-state index contributed by atoms with van der Waals surface area (Å²) < 4.78 is 19.1. The van der Waals surface area contributed by atoms with Crippen molar-refractivity contribution in [3.63, 3.8) is 0 Å². The number of anilines is 1. The van der Waals surface area contributed by atoms with Crippen molar-refractivity contribution in [3.8, 4) is 0 Å². The number of nitrogens with zero attached hydrogens (tertiary/aromatic N) is 1. The molecule has 2 aromatic carbocycles. The maximum Gasteiger partial charge on any atom is 0.321 e. The summed E-state index contributed by atoms with van der Waals surface area (Å²) in [5.74, 6) is -0.271. The Morgan fingerprint density at radius 1 is 1.28 bits per heavy atom. The van der Waals surface area contributed by atoms with E-state index in [9.17, 15) is 9.18 Å². The SMILES string of the molecule is O=C(Nc1cccc(Cl)c1)N1CCC[C@H](OCc2cccc(F)c2)C1. The van der Waals surface area contributed by atoms with Crippen molar-refractivity contribution < 1.29 is 13.9 Å². The summed E-state index contributed by atoms with van der Waals surface area (Å²) in [5.41, 5.74) is 1.46. The zero-order valence-electron chi connectivity index (χ0n) is 13.8. The van der Waals surface area contributed by atoms with Crippen LogP contribution in [-0.4, -0.2) is 30.1 Å². The Labute approximate surface area is 151 Å². The number of ether oxygens (including phenoxy) is 1. The molecule has 0 aliphatic carbocycles. The molecule has 1 heterocycles. The van der Waals surface area contributed by atoms with Crippen molar-refractivity contribution in [2.45, 2.75) is 25.6 Å². The Hall–Kier alpha value is -2.11. The van der Waals surface area contributed by atoms with Gasteiger partial charge in [-0.1, -0.05) is 29.8 Å². The lowest BCUT2D eigenvalue weighted by atomic mass is 10.1. The van der Waals surface area contributed by atoms with Crippen molar-refractivity contribution in [2.75, 3.05) is 18.4 Å². The number of urea groups is 1. The van der Waals surface area contributed by atoms with Gasteiger partial charge in [0.05, 0.1) is 12.7 Å². The van der Waals surface area contributed by atoms with Crippen LogP contribution in [0.3, 0.4) is 0 Å². The number of carbonyl (C=O) groups excluding carboxylic acids is 1. The van der Waals surface area contributed by atoms with Gasteiger partial charge in [-0.15, -0.1) is 0 Å². The summed E-state index contributed by atoms with van der Waals surface area (Å²) in [6.07, 6.45) is 1.70. The van der Waals surface area contributed by atoms with E-state index in [0.29, 0.717) is 30.4 Å². The minimum absolute atomic E-state index is 0.0536. The van der Waals surface area contributed by atoms with Crippen LogP contribution in [0, 0.1) is 5.82 Å². The monoisotopic (exact) mass is 362 g/mol. The lowest BCUT2D eigenvalue weighted by Gasteiger charge is -2.32. The van der Waals surface area contributed by atoms with E-state index >= 15 is 0 Å². The highest BCUT2D eigenvalue weighted by atomic mass is 35.5. The molecule has 0 radical (unpaired) electrons. The van der Waals surface area contributed by atoms with Crippen LogP contribution in [0.1, 0.15) is 18.4 Å². The fourth-order valence-electron chi connectivity index (χ4n) is 2.87. The maximum atomic E-state index is 13.2. The van der Waals surface area contributed by atoms with Crippen LogP contribution in [0.5, 0.6) is 0 Å². The molecule has 0 aromatic heterocycles. The number of carbonyl (C=O) groups is 1. The largest absolute Gasteiger partial charge is 0.372 e. The van der Waals surface area contributed by atoms with Crippen molar-refractivity contribution in [2.24, 2.45) is 0 Å². The molecule has 0 unspecified atom stereocenters. The Balaban J connectivity index is 1.52. The Morgan fingerprint density at radius 3 is 2.92 bits per heavy atom. The quantitative estimate of drug-likeness (QED) is 0.857. The number of benzene rings is 2. The first-order chi connectivity index (χ1) is 12.1. The summed E-state index contributed by atoms with van der Waals surface area (Å²) in [7, 11) is 0. The van der Waals surface area contributed by atoms with Crippen molar-refractivity contribution in [3.05, 3.63) is 64.9 Å². The number of nitrogens with one attached hydrogen (secondary N) is 1. The highest BCUT2D eigenvalue weighted by Crippen LogP contribution is 2.19. The van der Waals surface area contributed by atoms with Gasteiger partial charge >= 0.3 is 6.03 Å². The minimum Gasteiger partial charge on any atom is -0.372 e. The predicted octanol–water partition coefficient (Wildman–Crippen LogP) is 4.69. The summed E-state index contributed by atoms with van der Waals surface area (Å²) in [4.78, 5) is 14.1. The van der Waals surface area contributed by atoms with Crippen molar-refractivity contribution in [1.82, 2.24) is 4.90 Å². The van der Waals surface area contributed by atoms with Crippen LogP contribution in [0.25, 0.3) is 0 Å². The van der Waals surface area contributed by atoms with Gasteiger partial charge < -0.3 is 15.0 Å². The van der Waals surface area contributed by atoms with E-state index in [0.717, 1.165) is 18.4 Å². The minimum atomic E-state index is -0.271. The van der Waals surface area contributed by atoms with E-state index < -0.39 is 0 Å². The Bertz CT molecular complexity index is 741. The lowest BCUT2D eigenvalue weighted by Crippen LogP contribution is -2.45. The van der Waals surface area contributed by atoms with Crippen molar-refractivity contribution >= 4 is 23.3 Å². The van der Waals surface area contributed by atoms with Crippen LogP contribution < -0.4 is 5.32 Å². The third-order valence-corrected chi connectivity index (χ3v) is 4.35. The summed E-state index contributed by atoms with van der Waals surface area (Å²) >= 11 is 5.94. The van der Waals surface area contributed by atoms with Gasteiger partial charge in [0, 0.05) is 23.8 Å². The molecule has 4 nitrogen and oxygen atoms in total. The predicted molar refractivity (Wildman–Crippen MR) is 96.3 cm³/mol. The first kappa shape index (κ1) is 17.7. The first-order valence-electron chi connectivity index (χ1n) is 8.28. The second-order valence-electron chi connectivity index (χ2n) is 6.09. The molecule has 1 atom stereocenters. The third kappa shape index (κ3) is 5.18. The molecule has 1 saturated heterocycles. The third-order valence-electron chi connectivity index (χ3n) is 4.12. The molecule has 0 saturated carbocycles. The zero-order chi connectivity index (χ0) is 17.6. The molecule has 1 aliphatic rings. The molecule has 1 aliphatic heterocycles. The van der Waals surface area contributed by atoms with Crippen LogP contribution in [0.4, 0.5) is 14.9 Å². The van der Waals surface area contributed by atoms with Crippen LogP contribution in [-0.2, 0) is 11.3 Å². The standard InChI is InChI=1S/C19H20ClFN2O2/c20-15-5-2-7-17(11-15)22-19(24)23-9-3-8-18(12-23)25-13-14-4-1-6-16(21)10-14/h1-2,4-7,10-11,18H,3,8-9,12-13H2,(H,22,24)/t18-/m0/s1. The van der Waals surface area contributed by atoms with Crippen LogP contribution in [0.2, 0.25) is 5.02 Å².